The van der Waals surface area contributed by atoms with Crippen molar-refractivity contribution in [2.75, 3.05) is 11.9 Å². The van der Waals surface area contributed by atoms with Crippen LogP contribution in [0.25, 0.3) is 0 Å². The van der Waals surface area contributed by atoms with Gasteiger partial charge in [0, 0.05) is 17.9 Å². The second-order valence-electron chi connectivity index (χ2n) is 4.79. The summed E-state index contributed by atoms with van der Waals surface area (Å²) in [7, 11) is 0. The fourth-order valence-electron chi connectivity index (χ4n) is 1.97. The fourth-order valence-corrected chi connectivity index (χ4v) is 1.97. The first-order valence-electron chi connectivity index (χ1n) is 6.43. The summed E-state index contributed by atoms with van der Waals surface area (Å²) in [5.41, 5.74) is 1.23. The number of nitrogens with one attached hydrogen (secondary N) is 1. The lowest BCUT2D eigenvalue weighted by Crippen LogP contribution is -2.17. The van der Waals surface area contributed by atoms with E-state index < -0.39 is 11.9 Å². The summed E-state index contributed by atoms with van der Waals surface area (Å²) < 4.78 is 39.8. The number of rotatable bonds is 4. The first kappa shape index (κ1) is 15.3. The highest BCUT2D eigenvalue weighted by molar-refractivity contribution is 5.29. The van der Waals surface area contributed by atoms with Gasteiger partial charge in [0.1, 0.15) is 5.69 Å². The van der Waals surface area contributed by atoms with E-state index in [2.05, 4.69) is 20.4 Å². The van der Waals surface area contributed by atoms with Gasteiger partial charge in [-0.1, -0.05) is 0 Å². The SMILES string of the molecule is Cc1cc(C(F)(F)F)nc(NCCn2nc(C)cc2C)n1. The van der Waals surface area contributed by atoms with Crippen molar-refractivity contribution in [3.8, 4) is 0 Å². The molecule has 0 spiro atoms. The van der Waals surface area contributed by atoms with E-state index in [1.807, 2.05) is 19.9 Å². The van der Waals surface area contributed by atoms with Crippen LogP contribution in [0.2, 0.25) is 0 Å². The van der Waals surface area contributed by atoms with Crippen LogP contribution in [0.15, 0.2) is 12.1 Å². The first-order valence-corrected chi connectivity index (χ1v) is 6.43. The van der Waals surface area contributed by atoms with E-state index in [1.165, 1.54) is 6.92 Å². The van der Waals surface area contributed by atoms with Gasteiger partial charge < -0.3 is 5.32 Å². The average Bonchev–Trinajstić information content (AvgIpc) is 2.66. The Balaban J connectivity index is 2.03. The number of hydrogen-bond donors (Lipinski definition) is 1. The minimum atomic E-state index is -4.47. The Morgan fingerprint density at radius 3 is 2.38 bits per heavy atom. The summed E-state index contributed by atoms with van der Waals surface area (Å²) in [6, 6.07) is 2.86. The lowest BCUT2D eigenvalue weighted by atomic mass is 10.3. The Labute approximate surface area is 120 Å². The number of hydrogen-bond acceptors (Lipinski definition) is 4. The Hall–Kier alpha value is -2.12. The van der Waals surface area contributed by atoms with E-state index in [-0.39, 0.29) is 11.6 Å². The zero-order valence-electron chi connectivity index (χ0n) is 12.0. The lowest BCUT2D eigenvalue weighted by molar-refractivity contribution is -0.141. The van der Waals surface area contributed by atoms with Crippen molar-refractivity contribution in [2.45, 2.75) is 33.5 Å². The van der Waals surface area contributed by atoms with Crippen molar-refractivity contribution < 1.29 is 13.2 Å². The molecule has 0 radical (unpaired) electrons. The number of halogens is 3. The van der Waals surface area contributed by atoms with Crippen LogP contribution in [-0.4, -0.2) is 26.3 Å². The third-order valence-corrected chi connectivity index (χ3v) is 2.85. The van der Waals surface area contributed by atoms with E-state index >= 15 is 0 Å². The molecule has 2 heterocycles. The minimum absolute atomic E-state index is 0.0242. The lowest BCUT2D eigenvalue weighted by Gasteiger charge is -2.10. The van der Waals surface area contributed by atoms with Gasteiger partial charge in [-0.15, -0.1) is 0 Å². The number of aromatic nitrogens is 4. The van der Waals surface area contributed by atoms with Gasteiger partial charge in [-0.3, -0.25) is 4.68 Å². The molecule has 0 fully saturated rings. The standard InChI is InChI=1S/C13H16F3N5/c1-8-7-11(13(14,15)16)19-12(18-8)17-4-5-21-10(3)6-9(2)20-21/h6-7H,4-5H2,1-3H3,(H,17,18,19). The molecular formula is C13H16F3N5. The van der Waals surface area contributed by atoms with Crippen LogP contribution in [-0.2, 0) is 12.7 Å². The third kappa shape index (κ3) is 3.93. The Morgan fingerprint density at radius 2 is 1.81 bits per heavy atom. The minimum Gasteiger partial charge on any atom is -0.352 e. The van der Waals surface area contributed by atoms with Gasteiger partial charge in [-0.25, -0.2) is 9.97 Å². The topological polar surface area (TPSA) is 55.6 Å². The number of alkyl halides is 3. The Morgan fingerprint density at radius 1 is 1.10 bits per heavy atom. The summed E-state index contributed by atoms with van der Waals surface area (Å²) >= 11 is 0. The molecule has 2 aromatic rings. The molecule has 0 saturated heterocycles. The average molecular weight is 299 g/mol. The van der Waals surface area contributed by atoms with Crippen LogP contribution >= 0.6 is 0 Å². The van der Waals surface area contributed by atoms with Crippen molar-refractivity contribution in [1.29, 1.82) is 0 Å². The maximum absolute atomic E-state index is 12.7. The molecule has 0 amide bonds. The normalized spacial score (nSPS) is 11.7. The maximum atomic E-state index is 12.7. The summed E-state index contributed by atoms with van der Waals surface area (Å²) in [4.78, 5) is 7.44. The number of nitrogens with zero attached hydrogens (tertiary/aromatic N) is 4. The molecule has 114 valence electrons. The molecule has 2 aromatic heterocycles. The molecule has 0 bridgehead atoms. The van der Waals surface area contributed by atoms with E-state index in [4.69, 9.17) is 0 Å². The van der Waals surface area contributed by atoms with Gasteiger partial charge in [0.2, 0.25) is 5.95 Å². The predicted octanol–water partition coefficient (Wildman–Crippen LogP) is 2.73. The summed E-state index contributed by atoms with van der Waals surface area (Å²) in [5, 5.41) is 7.07. The smallest absolute Gasteiger partial charge is 0.352 e. The summed E-state index contributed by atoms with van der Waals surface area (Å²) in [6.45, 7) is 6.23. The van der Waals surface area contributed by atoms with Crippen LogP contribution < -0.4 is 5.32 Å². The predicted molar refractivity (Wildman–Crippen MR) is 72.0 cm³/mol. The molecule has 1 N–H and O–H groups in total. The molecule has 0 aromatic carbocycles. The van der Waals surface area contributed by atoms with Crippen LogP contribution in [0.4, 0.5) is 19.1 Å². The van der Waals surface area contributed by atoms with Crippen molar-refractivity contribution >= 4 is 5.95 Å². The van der Waals surface area contributed by atoms with Crippen molar-refractivity contribution in [2.24, 2.45) is 0 Å². The first-order chi connectivity index (χ1) is 9.75. The summed E-state index contributed by atoms with van der Waals surface area (Å²) in [5.74, 6) is -0.0242. The van der Waals surface area contributed by atoms with Gasteiger partial charge >= 0.3 is 6.18 Å². The quantitative estimate of drug-likeness (QED) is 0.943. The molecule has 0 aliphatic carbocycles. The number of anilines is 1. The van der Waals surface area contributed by atoms with E-state index in [0.29, 0.717) is 13.1 Å². The molecular weight excluding hydrogens is 283 g/mol. The fraction of sp³-hybridized carbons (Fsp3) is 0.462. The van der Waals surface area contributed by atoms with Crippen molar-refractivity contribution in [3.05, 3.63) is 34.9 Å². The molecule has 21 heavy (non-hydrogen) atoms. The molecule has 0 atom stereocenters. The van der Waals surface area contributed by atoms with Gasteiger partial charge in [0.05, 0.1) is 12.2 Å². The van der Waals surface area contributed by atoms with Gasteiger partial charge in [0.25, 0.3) is 0 Å². The van der Waals surface area contributed by atoms with Crippen molar-refractivity contribution in [3.63, 3.8) is 0 Å². The van der Waals surface area contributed by atoms with Gasteiger partial charge in [-0.05, 0) is 32.9 Å². The number of aryl methyl sites for hydroxylation is 3. The third-order valence-electron chi connectivity index (χ3n) is 2.85. The maximum Gasteiger partial charge on any atom is 0.433 e. The van der Waals surface area contributed by atoms with Gasteiger partial charge in [-0.2, -0.15) is 18.3 Å². The molecule has 0 saturated carbocycles. The van der Waals surface area contributed by atoms with Crippen LogP contribution in [0, 0.1) is 20.8 Å². The Kier molecular flexibility index (Phi) is 4.15. The monoisotopic (exact) mass is 299 g/mol. The highest BCUT2D eigenvalue weighted by atomic mass is 19.4. The van der Waals surface area contributed by atoms with E-state index in [1.54, 1.807) is 4.68 Å². The zero-order chi connectivity index (χ0) is 15.6. The van der Waals surface area contributed by atoms with E-state index in [0.717, 1.165) is 17.5 Å². The largest absolute Gasteiger partial charge is 0.433 e. The second-order valence-corrected chi connectivity index (χ2v) is 4.79. The van der Waals surface area contributed by atoms with E-state index in [9.17, 15) is 13.2 Å². The zero-order valence-corrected chi connectivity index (χ0v) is 12.0. The van der Waals surface area contributed by atoms with Gasteiger partial charge in [0.15, 0.2) is 0 Å². The molecule has 5 nitrogen and oxygen atoms in total. The molecule has 8 heteroatoms. The molecule has 0 aliphatic heterocycles. The van der Waals surface area contributed by atoms with Crippen LogP contribution in [0.3, 0.4) is 0 Å². The summed E-state index contributed by atoms with van der Waals surface area (Å²) in [6.07, 6.45) is -4.47. The molecule has 2 rings (SSSR count). The Bertz CT molecular complexity index is 633. The second kappa shape index (κ2) is 5.71. The van der Waals surface area contributed by atoms with Crippen LogP contribution in [0.5, 0.6) is 0 Å². The molecule has 0 unspecified atom stereocenters. The highest BCUT2D eigenvalue weighted by Gasteiger charge is 2.33. The van der Waals surface area contributed by atoms with Crippen LogP contribution in [0.1, 0.15) is 22.8 Å². The van der Waals surface area contributed by atoms with Crippen molar-refractivity contribution in [1.82, 2.24) is 19.7 Å². The molecule has 0 aliphatic rings. The highest BCUT2D eigenvalue weighted by Crippen LogP contribution is 2.28.